The van der Waals surface area contributed by atoms with E-state index >= 15 is 0 Å². The first-order valence-corrected chi connectivity index (χ1v) is 9.62. The summed E-state index contributed by atoms with van der Waals surface area (Å²) in [6.45, 7) is 3.64. The molecule has 2 aromatic rings. The normalized spacial score (nSPS) is 17.6. The van der Waals surface area contributed by atoms with E-state index in [0.717, 1.165) is 38.1 Å². The number of hydrogen-bond donors (Lipinski definition) is 2. The van der Waals surface area contributed by atoms with Gasteiger partial charge >= 0.3 is 6.03 Å². The number of carbonyl (C=O) groups is 2. The average molecular weight is 386 g/mol. The van der Waals surface area contributed by atoms with Crippen LogP contribution in [0.1, 0.15) is 54.2 Å². The van der Waals surface area contributed by atoms with Gasteiger partial charge in [0.2, 0.25) is 0 Å². The molecule has 3 amide bonds. The fourth-order valence-electron chi connectivity index (χ4n) is 3.74. The number of rotatable bonds is 4. The lowest BCUT2D eigenvalue weighted by Gasteiger charge is -2.18. The van der Waals surface area contributed by atoms with Gasteiger partial charge in [0.05, 0.1) is 11.6 Å². The number of hydrogen-bond acceptors (Lipinski definition) is 4. The quantitative estimate of drug-likeness (QED) is 0.842. The molecule has 0 radical (unpaired) electrons. The van der Waals surface area contributed by atoms with E-state index in [1.165, 1.54) is 23.1 Å². The van der Waals surface area contributed by atoms with Crippen LogP contribution < -0.4 is 15.5 Å². The highest BCUT2D eigenvalue weighted by Gasteiger charge is 2.25. The van der Waals surface area contributed by atoms with Gasteiger partial charge in [0.15, 0.2) is 5.82 Å². The first-order valence-electron chi connectivity index (χ1n) is 9.62. The van der Waals surface area contributed by atoms with E-state index < -0.39 is 17.8 Å². The molecular weight excluding hydrogens is 363 g/mol. The smallest absolute Gasteiger partial charge is 0.321 e. The van der Waals surface area contributed by atoms with Crippen LogP contribution in [0.25, 0.3) is 0 Å². The predicted molar refractivity (Wildman–Crippen MR) is 101 cm³/mol. The van der Waals surface area contributed by atoms with Gasteiger partial charge in [0.1, 0.15) is 11.6 Å². The molecule has 2 aliphatic heterocycles. The zero-order valence-corrected chi connectivity index (χ0v) is 15.7. The van der Waals surface area contributed by atoms with Crippen LogP contribution in [0.4, 0.5) is 14.9 Å². The van der Waals surface area contributed by atoms with Crippen LogP contribution >= 0.6 is 0 Å². The lowest BCUT2D eigenvalue weighted by molar-refractivity contribution is 0.0933. The first-order chi connectivity index (χ1) is 13.5. The van der Waals surface area contributed by atoms with Crippen molar-refractivity contribution in [2.45, 2.75) is 45.2 Å². The van der Waals surface area contributed by atoms with E-state index in [9.17, 15) is 14.0 Å². The Morgan fingerprint density at radius 1 is 1.25 bits per heavy atom. The summed E-state index contributed by atoms with van der Waals surface area (Å²) in [6, 6.07) is 3.46. The Labute approximate surface area is 162 Å². The van der Waals surface area contributed by atoms with Crippen LogP contribution in [0.3, 0.4) is 0 Å². The number of urea groups is 1. The van der Waals surface area contributed by atoms with Crippen molar-refractivity contribution in [1.82, 2.24) is 25.4 Å². The van der Waals surface area contributed by atoms with Crippen LogP contribution in [-0.2, 0) is 13.0 Å². The van der Waals surface area contributed by atoms with E-state index in [-0.39, 0.29) is 11.6 Å². The van der Waals surface area contributed by atoms with Gasteiger partial charge in [-0.2, -0.15) is 0 Å². The standard InChI is InChI=1S/C19H23FN6O2/c1-12(17-24-23-16-5-3-2-4-9-26(16)17)22-18(27)14-11-13(6-7-15(14)20)25-10-8-21-19(25)28/h6-7,11-12H,2-5,8-10H2,1H3,(H,21,28)(H,22,27). The van der Waals surface area contributed by atoms with Crippen molar-refractivity contribution in [2.24, 2.45) is 0 Å². The molecule has 3 heterocycles. The molecule has 0 aliphatic carbocycles. The second kappa shape index (κ2) is 7.57. The molecule has 4 rings (SSSR count). The van der Waals surface area contributed by atoms with Gasteiger partial charge in [-0.25, -0.2) is 9.18 Å². The van der Waals surface area contributed by atoms with Crippen molar-refractivity contribution in [3.8, 4) is 0 Å². The third-order valence-corrected chi connectivity index (χ3v) is 5.24. The molecule has 1 aromatic carbocycles. The van der Waals surface area contributed by atoms with Crippen molar-refractivity contribution in [2.75, 3.05) is 18.0 Å². The maximum absolute atomic E-state index is 14.3. The Bertz CT molecular complexity index is 912. The molecule has 1 unspecified atom stereocenters. The zero-order valence-electron chi connectivity index (χ0n) is 15.7. The molecule has 8 nitrogen and oxygen atoms in total. The number of nitrogens with zero attached hydrogens (tertiary/aromatic N) is 4. The molecule has 2 aliphatic rings. The van der Waals surface area contributed by atoms with E-state index in [2.05, 4.69) is 25.4 Å². The Kier molecular flexibility index (Phi) is 4.97. The Morgan fingerprint density at radius 2 is 2.11 bits per heavy atom. The Balaban J connectivity index is 1.54. The monoisotopic (exact) mass is 386 g/mol. The molecule has 1 saturated heterocycles. The van der Waals surface area contributed by atoms with Gasteiger partial charge in [-0.15, -0.1) is 10.2 Å². The topological polar surface area (TPSA) is 92.2 Å². The van der Waals surface area contributed by atoms with Gasteiger partial charge < -0.3 is 15.2 Å². The molecule has 2 N–H and O–H groups in total. The number of benzene rings is 1. The summed E-state index contributed by atoms with van der Waals surface area (Å²) in [5, 5.41) is 14.0. The van der Waals surface area contributed by atoms with E-state index in [1.807, 2.05) is 6.92 Å². The van der Waals surface area contributed by atoms with Gasteiger partial charge in [-0.1, -0.05) is 6.42 Å². The number of carbonyl (C=O) groups excluding carboxylic acids is 2. The van der Waals surface area contributed by atoms with Crippen molar-refractivity contribution >= 4 is 17.6 Å². The number of aryl methyl sites for hydroxylation is 1. The van der Waals surface area contributed by atoms with Crippen LogP contribution in [0, 0.1) is 5.82 Å². The largest absolute Gasteiger partial charge is 0.342 e. The molecule has 1 atom stereocenters. The second-order valence-electron chi connectivity index (χ2n) is 7.18. The summed E-state index contributed by atoms with van der Waals surface area (Å²) in [6.07, 6.45) is 4.15. The number of anilines is 1. The molecule has 0 bridgehead atoms. The number of aromatic nitrogens is 3. The molecule has 0 spiro atoms. The van der Waals surface area contributed by atoms with Crippen molar-refractivity contribution in [1.29, 1.82) is 0 Å². The summed E-state index contributed by atoms with van der Waals surface area (Å²) in [4.78, 5) is 26.1. The summed E-state index contributed by atoms with van der Waals surface area (Å²) < 4.78 is 16.4. The zero-order chi connectivity index (χ0) is 19.7. The SMILES string of the molecule is CC(NC(=O)c1cc(N2CCNC2=O)ccc1F)c1nnc2n1CCCCC2. The van der Waals surface area contributed by atoms with Crippen molar-refractivity contribution in [3.63, 3.8) is 0 Å². The van der Waals surface area contributed by atoms with Crippen LogP contribution in [0.15, 0.2) is 18.2 Å². The Morgan fingerprint density at radius 3 is 2.89 bits per heavy atom. The predicted octanol–water partition coefficient (Wildman–Crippen LogP) is 2.16. The fraction of sp³-hybridized carbons (Fsp3) is 0.474. The number of amides is 3. The van der Waals surface area contributed by atoms with Crippen LogP contribution in [0.2, 0.25) is 0 Å². The minimum Gasteiger partial charge on any atom is -0.342 e. The van der Waals surface area contributed by atoms with Crippen LogP contribution in [0.5, 0.6) is 0 Å². The highest BCUT2D eigenvalue weighted by molar-refractivity contribution is 5.98. The third-order valence-electron chi connectivity index (χ3n) is 5.24. The minimum atomic E-state index is -0.631. The number of nitrogens with one attached hydrogen (secondary N) is 2. The molecule has 9 heteroatoms. The third kappa shape index (κ3) is 3.44. The molecule has 1 fully saturated rings. The van der Waals surface area contributed by atoms with Gasteiger partial charge in [0, 0.05) is 31.7 Å². The average Bonchev–Trinajstić information content (AvgIpc) is 3.21. The molecule has 148 valence electrons. The second-order valence-corrected chi connectivity index (χ2v) is 7.18. The molecule has 0 saturated carbocycles. The lowest BCUT2D eigenvalue weighted by atomic mass is 10.1. The summed E-state index contributed by atoms with van der Waals surface area (Å²) in [5.74, 6) is 0.438. The fourth-order valence-corrected chi connectivity index (χ4v) is 3.74. The number of fused-ring (bicyclic) bond motifs is 1. The molecule has 1 aromatic heterocycles. The highest BCUT2D eigenvalue weighted by Crippen LogP contribution is 2.22. The van der Waals surface area contributed by atoms with Crippen molar-refractivity contribution in [3.05, 3.63) is 41.2 Å². The van der Waals surface area contributed by atoms with E-state index in [1.54, 1.807) is 0 Å². The first kappa shape index (κ1) is 18.4. The van der Waals surface area contributed by atoms with Gasteiger partial charge in [-0.05, 0) is 38.0 Å². The molecule has 28 heavy (non-hydrogen) atoms. The lowest BCUT2D eigenvalue weighted by Crippen LogP contribution is -2.31. The van der Waals surface area contributed by atoms with E-state index in [4.69, 9.17) is 0 Å². The van der Waals surface area contributed by atoms with Crippen LogP contribution in [-0.4, -0.2) is 39.8 Å². The maximum Gasteiger partial charge on any atom is 0.321 e. The number of halogens is 1. The summed E-state index contributed by atoms with van der Waals surface area (Å²) in [7, 11) is 0. The Hall–Kier alpha value is -2.97. The summed E-state index contributed by atoms with van der Waals surface area (Å²) in [5.41, 5.74) is 0.394. The van der Waals surface area contributed by atoms with Crippen molar-refractivity contribution < 1.29 is 14.0 Å². The van der Waals surface area contributed by atoms with Gasteiger partial charge in [0.25, 0.3) is 5.91 Å². The molecular formula is C19H23FN6O2. The maximum atomic E-state index is 14.3. The highest BCUT2D eigenvalue weighted by atomic mass is 19.1. The van der Waals surface area contributed by atoms with Gasteiger partial charge in [-0.3, -0.25) is 9.69 Å². The summed E-state index contributed by atoms with van der Waals surface area (Å²) >= 11 is 0. The van der Waals surface area contributed by atoms with E-state index in [0.29, 0.717) is 24.6 Å². The minimum absolute atomic E-state index is 0.0975.